The predicted octanol–water partition coefficient (Wildman–Crippen LogP) is 0.728. The van der Waals surface area contributed by atoms with Crippen LogP contribution in [0.2, 0.25) is 0 Å². The molecule has 2 rings (SSSR count). The van der Waals surface area contributed by atoms with E-state index >= 15 is 0 Å². The number of esters is 1. The number of anilines is 1. The minimum Gasteiger partial charge on any atom is -0.465 e. The Bertz CT molecular complexity index is 562. The Kier molecular flexibility index (Phi) is 6.15. The second-order valence-electron chi connectivity index (χ2n) is 5.94. The molecule has 23 heavy (non-hydrogen) atoms. The van der Waals surface area contributed by atoms with Crippen molar-refractivity contribution in [3.63, 3.8) is 0 Å². The van der Waals surface area contributed by atoms with Gasteiger partial charge >= 0.3 is 5.97 Å². The molecule has 3 atom stereocenters. The van der Waals surface area contributed by atoms with Crippen molar-refractivity contribution in [1.29, 1.82) is 0 Å². The van der Waals surface area contributed by atoms with Gasteiger partial charge in [-0.05, 0) is 26.3 Å². The minimum absolute atomic E-state index is 0.0871. The third-order valence-electron chi connectivity index (χ3n) is 3.82. The lowest BCUT2D eigenvalue weighted by atomic mass is 10.2. The molecule has 0 bridgehead atoms. The molecule has 2 N–H and O–H groups in total. The number of methoxy groups -OCH3 is 1. The molecular weight excluding hydrogens is 316 g/mol. The van der Waals surface area contributed by atoms with Crippen LogP contribution in [0.4, 0.5) is 5.00 Å². The minimum atomic E-state index is -0.419. The van der Waals surface area contributed by atoms with Gasteiger partial charge in [-0.1, -0.05) is 6.92 Å². The predicted molar refractivity (Wildman–Crippen MR) is 89.2 cm³/mol. The summed E-state index contributed by atoms with van der Waals surface area (Å²) < 4.78 is 10.5. The highest BCUT2D eigenvalue weighted by Crippen LogP contribution is 2.29. The van der Waals surface area contributed by atoms with Crippen LogP contribution < -0.4 is 10.2 Å². The first-order valence-corrected chi connectivity index (χ1v) is 8.74. The van der Waals surface area contributed by atoms with Crippen molar-refractivity contribution in [2.24, 2.45) is 0 Å². The molecule has 7 heteroatoms. The van der Waals surface area contributed by atoms with Crippen molar-refractivity contribution in [2.75, 3.05) is 32.1 Å². The van der Waals surface area contributed by atoms with Crippen LogP contribution in [-0.2, 0) is 20.7 Å². The fourth-order valence-electron chi connectivity index (χ4n) is 2.90. The molecule has 0 radical (unpaired) electrons. The van der Waals surface area contributed by atoms with Crippen LogP contribution >= 0.6 is 11.3 Å². The van der Waals surface area contributed by atoms with Crippen molar-refractivity contribution in [3.05, 3.63) is 16.5 Å². The molecule has 1 amide bonds. The molecule has 6 nitrogen and oxygen atoms in total. The zero-order valence-electron chi connectivity index (χ0n) is 14.1. The van der Waals surface area contributed by atoms with Crippen molar-refractivity contribution in [3.8, 4) is 0 Å². The zero-order chi connectivity index (χ0) is 17.0. The standard InChI is InChI=1S/C16H24N2O4S/c1-5-12-6-13(16(20)21-4)15(23-12)17-14(19)9-18-7-10(2)22-11(3)8-18/h6,10-11H,5,7-9H2,1-4H3,(H,17,19)/p+1/t10-,11+. The topological polar surface area (TPSA) is 69.1 Å². The molecule has 128 valence electrons. The van der Waals surface area contributed by atoms with Crippen LogP contribution in [0.1, 0.15) is 36.0 Å². The maximum Gasteiger partial charge on any atom is 0.340 e. The Balaban J connectivity index is 2.02. The first kappa shape index (κ1) is 17.9. The number of ether oxygens (including phenoxy) is 2. The number of quaternary nitrogens is 1. The molecule has 1 unspecified atom stereocenters. The van der Waals surface area contributed by atoms with Crippen LogP contribution in [0.5, 0.6) is 0 Å². The Hall–Kier alpha value is -1.44. The van der Waals surface area contributed by atoms with E-state index < -0.39 is 5.97 Å². The molecule has 1 saturated heterocycles. The van der Waals surface area contributed by atoms with E-state index in [2.05, 4.69) is 5.32 Å². The molecule has 1 aromatic rings. The number of hydrogen-bond donors (Lipinski definition) is 2. The number of hydrogen-bond acceptors (Lipinski definition) is 5. The summed E-state index contributed by atoms with van der Waals surface area (Å²) in [6.45, 7) is 8.06. The second-order valence-corrected chi connectivity index (χ2v) is 7.08. The van der Waals surface area contributed by atoms with Crippen molar-refractivity contribution in [1.82, 2.24) is 0 Å². The molecular formula is C16H25N2O4S+. The summed E-state index contributed by atoms with van der Waals surface area (Å²) in [7, 11) is 1.35. The maximum atomic E-state index is 12.3. The molecule has 1 aliphatic rings. The summed E-state index contributed by atoms with van der Waals surface area (Å²) in [6, 6.07) is 1.79. The highest BCUT2D eigenvalue weighted by Gasteiger charge is 2.28. The number of nitrogens with one attached hydrogen (secondary N) is 2. The van der Waals surface area contributed by atoms with Crippen LogP contribution in [0.15, 0.2) is 6.07 Å². The maximum absolute atomic E-state index is 12.3. The number of amides is 1. The van der Waals surface area contributed by atoms with Crippen LogP contribution in [0.3, 0.4) is 0 Å². The van der Waals surface area contributed by atoms with Gasteiger partial charge in [-0.2, -0.15) is 0 Å². The third kappa shape index (κ3) is 4.76. The number of morpholine rings is 1. The highest BCUT2D eigenvalue weighted by atomic mass is 32.1. The van der Waals surface area contributed by atoms with E-state index in [9.17, 15) is 9.59 Å². The first-order valence-electron chi connectivity index (χ1n) is 7.92. The van der Waals surface area contributed by atoms with E-state index in [1.54, 1.807) is 6.07 Å². The van der Waals surface area contributed by atoms with E-state index in [1.165, 1.54) is 23.3 Å². The number of rotatable bonds is 5. The van der Waals surface area contributed by atoms with Crippen molar-refractivity contribution in [2.45, 2.75) is 39.4 Å². The zero-order valence-corrected chi connectivity index (χ0v) is 14.9. The van der Waals surface area contributed by atoms with Crippen LogP contribution in [0.25, 0.3) is 0 Å². The summed E-state index contributed by atoms with van der Waals surface area (Å²) in [5.41, 5.74) is 0.432. The summed E-state index contributed by atoms with van der Waals surface area (Å²) >= 11 is 1.43. The van der Waals surface area contributed by atoms with Gasteiger partial charge in [-0.3, -0.25) is 4.79 Å². The molecule has 0 spiro atoms. The molecule has 1 aliphatic heterocycles. The number of thiophene rings is 1. The van der Waals surface area contributed by atoms with E-state index in [4.69, 9.17) is 9.47 Å². The second kappa shape index (κ2) is 7.90. The molecule has 2 heterocycles. The molecule has 1 fully saturated rings. The van der Waals surface area contributed by atoms with Crippen LogP contribution in [0, 0.1) is 0 Å². The Morgan fingerprint density at radius 3 is 2.61 bits per heavy atom. The van der Waals surface area contributed by atoms with Gasteiger partial charge in [0.2, 0.25) is 0 Å². The van der Waals surface area contributed by atoms with Gasteiger partial charge in [0, 0.05) is 4.88 Å². The van der Waals surface area contributed by atoms with Crippen molar-refractivity contribution >= 4 is 28.2 Å². The monoisotopic (exact) mass is 341 g/mol. The Morgan fingerprint density at radius 2 is 2.04 bits per heavy atom. The fraction of sp³-hybridized carbons (Fsp3) is 0.625. The lowest BCUT2D eigenvalue weighted by Crippen LogP contribution is -3.16. The molecule has 0 aliphatic carbocycles. The summed E-state index contributed by atoms with van der Waals surface area (Å²) in [6.07, 6.45) is 1.12. The Labute approximate surface area is 140 Å². The quantitative estimate of drug-likeness (QED) is 0.775. The average molecular weight is 341 g/mol. The summed E-state index contributed by atoms with van der Waals surface area (Å²) in [5, 5.41) is 3.45. The largest absolute Gasteiger partial charge is 0.465 e. The number of carbonyl (C=O) groups excluding carboxylic acids is 2. The smallest absolute Gasteiger partial charge is 0.340 e. The van der Waals surface area contributed by atoms with Gasteiger partial charge in [-0.15, -0.1) is 11.3 Å². The Morgan fingerprint density at radius 1 is 1.39 bits per heavy atom. The van der Waals surface area contributed by atoms with E-state index in [0.717, 1.165) is 24.4 Å². The molecule has 1 aromatic heterocycles. The normalized spacial score (nSPS) is 24.3. The lowest BCUT2D eigenvalue weighted by molar-refractivity contribution is -0.907. The lowest BCUT2D eigenvalue weighted by Gasteiger charge is -2.31. The first-order chi connectivity index (χ1) is 10.9. The fourth-order valence-corrected chi connectivity index (χ4v) is 3.90. The molecule has 0 aromatic carbocycles. The SMILES string of the molecule is CCc1cc(C(=O)OC)c(NC(=O)C[NH+]2C[C@@H](C)O[C@@H](C)C2)s1. The van der Waals surface area contributed by atoms with Crippen LogP contribution in [-0.4, -0.2) is 50.8 Å². The number of carbonyl (C=O) groups is 2. The van der Waals surface area contributed by atoms with Gasteiger partial charge in [0.25, 0.3) is 5.91 Å². The van der Waals surface area contributed by atoms with Gasteiger partial charge < -0.3 is 19.7 Å². The molecule has 0 saturated carbocycles. The average Bonchev–Trinajstić information content (AvgIpc) is 2.88. The highest BCUT2D eigenvalue weighted by molar-refractivity contribution is 7.16. The van der Waals surface area contributed by atoms with Crippen molar-refractivity contribution < 1.29 is 24.0 Å². The third-order valence-corrected chi connectivity index (χ3v) is 5.01. The van der Waals surface area contributed by atoms with Gasteiger partial charge in [0.15, 0.2) is 6.54 Å². The van der Waals surface area contributed by atoms with Gasteiger partial charge in [0.05, 0.1) is 12.7 Å². The summed E-state index contributed by atoms with van der Waals surface area (Å²) in [4.78, 5) is 26.4. The van der Waals surface area contributed by atoms with Gasteiger partial charge in [0.1, 0.15) is 30.3 Å². The van der Waals surface area contributed by atoms with Gasteiger partial charge in [-0.25, -0.2) is 4.79 Å². The van der Waals surface area contributed by atoms with E-state index in [0.29, 0.717) is 17.1 Å². The van der Waals surface area contributed by atoms with E-state index in [1.807, 2.05) is 20.8 Å². The summed E-state index contributed by atoms with van der Waals surface area (Å²) in [5.74, 6) is -0.506. The van der Waals surface area contributed by atoms with E-state index in [-0.39, 0.29) is 18.1 Å². The number of aryl methyl sites for hydroxylation is 1.